The van der Waals surface area contributed by atoms with Crippen molar-refractivity contribution in [3.05, 3.63) is 29.1 Å². The summed E-state index contributed by atoms with van der Waals surface area (Å²) >= 11 is 0. The summed E-state index contributed by atoms with van der Waals surface area (Å²) in [6.07, 6.45) is -0.458. The van der Waals surface area contributed by atoms with Crippen molar-refractivity contribution in [2.24, 2.45) is 0 Å². The van der Waals surface area contributed by atoms with E-state index in [1.54, 1.807) is 6.07 Å². The van der Waals surface area contributed by atoms with Crippen LogP contribution in [0.3, 0.4) is 0 Å². The van der Waals surface area contributed by atoms with Crippen LogP contribution in [-0.2, 0) is 11.2 Å². The van der Waals surface area contributed by atoms with E-state index in [2.05, 4.69) is 0 Å². The summed E-state index contributed by atoms with van der Waals surface area (Å²) in [7, 11) is 0. The maximum absolute atomic E-state index is 13.1. The largest absolute Gasteiger partial charge is 0.481 e. The third kappa shape index (κ3) is 1.98. The quantitative estimate of drug-likeness (QED) is 0.685. The van der Waals surface area contributed by atoms with Gasteiger partial charge in [0.05, 0.1) is 17.7 Å². The smallest absolute Gasteiger partial charge is 0.307 e. The average molecular weight is 194 g/mol. The van der Waals surface area contributed by atoms with Crippen LogP contribution in [0.1, 0.15) is 11.1 Å². The second-order valence-corrected chi connectivity index (χ2v) is 2.71. The lowest BCUT2D eigenvalue weighted by atomic mass is 10.1. The third-order valence-corrected chi connectivity index (χ3v) is 1.68. The number of aliphatic carboxylic acids is 1. The van der Waals surface area contributed by atoms with Gasteiger partial charge in [-0.05, 0) is 12.1 Å². The number of benzene rings is 1. The molecule has 3 N–H and O–H groups in total. The highest BCUT2D eigenvalue weighted by molar-refractivity contribution is 5.71. The Kier molecular flexibility index (Phi) is 2.67. The molecule has 0 saturated carbocycles. The van der Waals surface area contributed by atoms with Crippen molar-refractivity contribution >= 4 is 11.7 Å². The maximum atomic E-state index is 13.1. The molecule has 0 aromatic heterocycles. The standard InChI is InChI=1S/C9H7FN2O2/c10-7-3-8(12)6(4-11)1-5(7)2-9(13)14/h1,3H,2,12H2,(H,13,14). The van der Waals surface area contributed by atoms with Gasteiger partial charge in [-0.2, -0.15) is 5.26 Å². The molecule has 0 atom stereocenters. The third-order valence-electron chi connectivity index (χ3n) is 1.68. The summed E-state index contributed by atoms with van der Waals surface area (Å²) in [6, 6.07) is 3.86. The molecule has 0 fully saturated rings. The molecular weight excluding hydrogens is 187 g/mol. The van der Waals surface area contributed by atoms with E-state index in [-0.39, 0.29) is 16.8 Å². The number of nitrogen functional groups attached to an aromatic ring is 1. The number of rotatable bonds is 2. The molecule has 4 nitrogen and oxygen atoms in total. The minimum atomic E-state index is -1.16. The molecule has 72 valence electrons. The number of nitrogens with zero attached hydrogens (tertiary/aromatic N) is 1. The second kappa shape index (κ2) is 3.75. The molecule has 1 rings (SSSR count). The minimum Gasteiger partial charge on any atom is -0.481 e. The molecule has 0 saturated heterocycles. The molecule has 0 heterocycles. The number of hydrogen-bond donors (Lipinski definition) is 2. The number of carboxylic acid groups (broad SMARTS) is 1. The highest BCUT2D eigenvalue weighted by Crippen LogP contribution is 2.17. The first-order chi connectivity index (χ1) is 6.54. The first kappa shape index (κ1) is 9.99. The number of hydrogen-bond acceptors (Lipinski definition) is 3. The summed E-state index contributed by atoms with van der Waals surface area (Å²) in [5.74, 6) is -1.86. The first-order valence-corrected chi connectivity index (χ1v) is 3.74. The van der Waals surface area contributed by atoms with Gasteiger partial charge in [-0.15, -0.1) is 0 Å². The number of carboxylic acids is 1. The van der Waals surface area contributed by atoms with Gasteiger partial charge >= 0.3 is 5.97 Å². The van der Waals surface area contributed by atoms with E-state index in [9.17, 15) is 9.18 Å². The highest BCUT2D eigenvalue weighted by atomic mass is 19.1. The number of carbonyl (C=O) groups is 1. The summed E-state index contributed by atoms with van der Waals surface area (Å²) in [5, 5.41) is 17.0. The Bertz CT molecular complexity index is 424. The molecule has 0 aliphatic heterocycles. The van der Waals surface area contributed by atoms with Crippen LogP contribution in [0.2, 0.25) is 0 Å². The van der Waals surface area contributed by atoms with E-state index in [1.807, 2.05) is 0 Å². The summed E-state index contributed by atoms with van der Waals surface area (Å²) in [4.78, 5) is 10.3. The Morgan fingerprint density at radius 1 is 1.64 bits per heavy atom. The summed E-state index contributed by atoms with van der Waals surface area (Å²) in [6.45, 7) is 0. The average Bonchev–Trinajstić information content (AvgIpc) is 2.09. The molecular formula is C9H7FN2O2. The van der Waals surface area contributed by atoms with E-state index in [1.165, 1.54) is 0 Å². The Hall–Kier alpha value is -2.09. The molecule has 14 heavy (non-hydrogen) atoms. The second-order valence-electron chi connectivity index (χ2n) is 2.71. The van der Waals surface area contributed by atoms with Crippen LogP contribution in [0, 0.1) is 17.1 Å². The molecule has 0 aliphatic carbocycles. The molecule has 0 amide bonds. The van der Waals surface area contributed by atoms with Gasteiger partial charge < -0.3 is 10.8 Å². The molecule has 0 bridgehead atoms. The maximum Gasteiger partial charge on any atom is 0.307 e. The summed E-state index contributed by atoms with van der Waals surface area (Å²) < 4.78 is 13.1. The van der Waals surface area contributed by atoms with Crippen molar-refractivity contribution in [1.82, 2.24) is 0 Å². The van der Waals surface area contributed by atoms with Gasteiger partial charge in [0.2, 0.25) is 0 Å². The predicted octanol–water partition coefficient (Wildman–Crippen LogP) is 0.907. The van der Waals surface area contributed by atoms with Gasteiger partial charge in [-0.25, -0.2) is 4.39 Å². The number of halogens is 1. The lowest BCUT2D eigenvalue weighted by Crippen LogP contribution is -2.04. The molecule has 0 aliphatic rings. The lowest BCUT2D eigenvalue weighted by molar-refractivity contribution is -0.136. The molecule has 0 spiro atoms. The van der Waals surface area contributed by atoms with Crippen LogP contribution in [0.25, 0.3) is 0 Å². The van der Waals surface area contributed by atoms with Gasteiger partial charge in [-0.3, -0.25) is 4.79 Å². The number of anilines is 1. The van der Waals surface area contributed by atoms with Crippen LogP contribution in [0.5, 0.6) is 0 Å². The van der Waals surface area contributed by atoms with Crippen molar-refractivity contribution in [2.45, 2.75) is 6.42 Å². The zero-order valence-corrected chi connectivity index (χ0v) is 7.12. The van der Waals surface area contributed by atoms with Crippen LogP contribution in [0.4, 0.5) is 10.1 Å². The van der Waals surface area contributed by atoms with Crippen LogP contribution in [0.15, 0.2) is 12.1 Å². The van der Waals surface area contributed by atoms with E-state index < -0.39 is 18.2 Å². The van der Waals surface area contributed by atoms with E-state index in [0.29, 0.717) is 0 Å². The zero-order valence-electron chi connectivity index (χ0n) is 7.12. The van der Waals surface area contributed by atoms with Crippen LogP contribution < -0.4 is 5.73 Å². The van der Waals surface area contributed by atoms with Crippen LogP contribution >= 0.6 is 0 Å². The van der Waals surface area contributed by atoms with Gasteiger partial charge in [0.25, 0.3) is 0 Å². The van der Waals surface area contributed by atoms with E-state index in [0.717, 1.165) is 12.1 Å². The van der Waals surface area contributed by atoms with Crippen molar-refractivity contribution < 1.29 is 14.3 Å². The summed E-state index contributed by atoms with van der Waals surface area (Å²) in [5.41, 5.74) is 5.38. The van der Waals surface area contributed by atoms with Gasteiger partial charge in [0.15, 0.2) is 0 Å². The Labute approximate surface area is 79.4 Å². The van der Waals surface area contributed by atoms with Gasteiger partial charge in [0.1, 0.15) is 11.9 Å². The topological polar surface area (TPSA) is 87.1 Å². The Morgan fingerprint density at radius 3 is 2.79 bits per heavy atom. The van der Waals surface area contributed by atoms with Crippen LogP contribution in [-0.4, -0.2) is 11.1 Å². The molecule has 1 aromatic carbocycles. The fourth-order valence-corrected chi connectivity index (χ4v) is 1.03. The van der Waals surface area contributed by atoms with Crippen molar-refractivity contribution in [3.8, 4) is 6.07 Å². The van der Waals surface area contributed by atoms with Gasteiger partial charge in [0, 0.05) is 5.56 Å². The lowest BCUT2D eigenvalue weighted by Gasteiger charge is -2.02. The fourth-order valence-electron chi connectivity index (χ4n) is 1.03. The molecule has 0 radical (unpaired) electrons. The van der Waals surface area contributed by atoms with Crippen molar-refractivity contribution in [3.63, 3.8) is 0 Å². The Balaban J connectivity index is 3.19. The minimum absolute atomic E-state index is 0.0131. The van der Waals surface area contributed by atoms with E-state index >= 15 is 0 Å². The monoisotopic (exact) mass is 194 g/mol. The first-order valence-electron chi connectivity index (χ1n) is 3.74. The number of nitrogens with two attached hydrogens (primary N) is 1. The molecule has 5 heteroatoms. The van der Waals surface area contributed by atoms with Crippen molar-refractivity contribution in [1.29, 1.82) is 5.26 Å². The normalized spacial score (nSPS) is 9.43. The Morgan fingerprint density at radius 2 is 2.29 bits per heavy atom. The highest BCUT2D eigenvalue weighted by Gasteiger charge is 2.10. The van der Waals surface area contributed by atoms with Crippen molar-refractivity contribution in [2.75, 3.05) is 5.73 Å². The zero-order chi connectivity index (χ0) is 10.7. The predicted molar refractivity (Wildman–Crippen MR) is 46.9 cm³/mol. The molecule has 0 unspecified atom stereocenters. The number of nitriles is 1. The van der Waals surface area contributed by atoms with Gasteiger partial charge in [-0.1, -0.05) is 0 Å². The molecule has 1 aromatic rings. The van der Waals surface area contributed by atoms with E-state index in [4.69, 9.17) is 16.1 Å². The SMILES string of the molecule is N#Cc1cc(CC(=O)O)c(F)cc1N. The fraction of sp³-hybridized carbons (Fsp3) is 0.111.